The van der Waals surface area contributed by atoms with Crippen molar-refractivity contribution in [2.24, 2.45) is 5.92 Å². The van der Waals surface area contributed by atoms with Gasteiger partial charge >= 0.3 is 0 Å². The second kappa shape index (κ2) is 18.6. The van der Waals surface area contributed by atoms with Crippen LogP contribution in [0.4, 0.5) is 0 Å². The number of nitrogens with zero attached hydrogens (tertiary/aromatic N) is 1. The molecule has 1 unspecified atom stereocenters. The Kier molecular flexibility index (Phi) is 14.7. The predicted molar refractivity (Wildman–Crippen MR) is 178 cm³/mol. The van der Waals surface area contributed by atoms with Gasteiger partial charge in [-0.2, -0.15) is 0 Å². The van der Waals surface area contributed by atoms with Crippen LogP contribution in [0.1, 0.15) is 67.9 Å². The number of carbonyl (C=O) groups is 5. The highest BCUT2D eigenvalue weighted by atomic mass is 16.5. The lowest BCUT2D eigenvalue weighted by Crippen LogP contribution is -2.58. The molecule has 5 amide bonds. The smallest absolute Gasteiger partial charge is 0.251 e. The number of fused-ring (bicyclic) bond motifs is 18. The van der Waals surface area contributed by atoms with E-state index in [4.69, 9.17) is 9.47 Å². The van der Waals surface area contributed by atoms with E-state index in [0.29, 0.717) is 56.8 Å². The lowest BCUT2D eigenvalue weighted by molar-refractivity contribution is -0.133. The van der Waals surface area contributed by atoms with Crippen LogP contribution in [-0.4, -0.2) is 86.5 Å². The molecule has 0 radical (unpaired) electrons. The first-order valence-electron chi connectivity index (χ1n) is 16.2. The molecule has 4 N–H and O–H groups in total. The molecule has 12 heteroatoms. The molecule has 4 rings (SSSR count). The van der Waals surface area contributed by atoms with Crippen LogP contribution in [-0.2, 0) is 36.9 Å². The molecule has 2 bridgehead atoms. The van der Waals surface area contributed by atoms with Crippen molar-refractivity contribution < 1.29 is 33.4 Å². The number of rotatable bonds is 8. The molecule has 0 aromatic heterocycles. The molecule has 4 atom stereocenters. The van der Waals surface area contributed by atoms with Gasteiger partial charge in [-0.3, -0.25) is 24.0 Å². The molecule has 256 valence electrons. The zero-order valence-corrected chi connectivity index (χ0v) is 28.1. The lowest BCUT2D eigenvalue weighted by atomic mass is 9.96. The van der Waals surface area contributed by atoms with Crippen LogP contribution in [0.3, 0.4) is 0 Å². The Labute approximate surface area is 277 Å². The van der Waals surface area contributed by atoms with Crippen molar-refractivity contribution in [2.75, 3.05) is 33.9 Å². The van der Waals surface area contributed by atoms with Crippen LogP contribution in [0.5, 0.6) is 5.75 Å². The molecule has 0 spiro atoms. The maximum absolute atomic E-state index is 13.7. The Morgan fingerprint density at radius 1 is 0.915 bits per heavy atom. The first-order chi connectivity index (χ1) is 22.6. The zero-order chi connectivity index (χ0) is 34.3. The van der Waals surface area contributed by atoms with Gasteiger partial charge in [0.25, 0.3) is 5.91 Å². The van der Waals surface area contributed by atoms with E-state index in [1.54, 1.807) is 74.6 Å². The summed E-state index contributed by atoms with van der Waals surface area (Å²) in [6.45, 7) is 6.86. The summed E-state index contributed by atoms with van der Waals surface area (Å²) < 4.78 is 10.3. The summed E-state index contributed by atoms with van der Waals surface area (Å²) in [5.74, 6) is -1.49. The number of hydrogen-bond acceptors (Lipinski definition) is 7. The predicted octanol–water partition coefficient (Wildman–Crippen LogP) is 2.35. The fraction of sp³-hybridized carbons (Fsp3) is 0.514. The van der Waals surface area contributed by atoms with E-state index in [9.17, 15) is 24.0 Å². The number of hydrogen-bond donors (Lipinski definition) is 4. The molecule has 2 aliphatic rings. The van der Waals surface area contributed by atoms with Crippen molar-refractivity contribution in [3.63, 3.8) is 0 Å². The summed E-state index contributed by atoms with van der Waals surface area (Å²) in [5, 5.41) is 11.3. The van der Waals surface area contributed by atoms with Gasteiger partial charge < -0.3 is 35.6 Å². The van der Waals surface area contributed by atoms with E-state index >= 15 is 0 Å². The third-order valence-electron chi connectivity index (χ3n) is 8.38. The van der Waals surface area contributed by atoms with Crippen LogP contribution in [0.25, 0.3) is 0 Å². The van der Waals surface area contributed by atoms with Crippen molar-refractivity contribution in [1.82, 2.24) is 26.2 Å². The molecule has 0 fully saturated rings. The van der Waals surface area contributed by atoms with Gasteiger partial charge in [0.2, 0.25) is 23.6 Å². The molecular weight excluding hydrogens is 602 g/mol. The maximum atomic E-state index is 13.7. The Bertz CT molecular complexity index is 1350. The van der Waals surface area contributed by atoms with E-state index in [-0.39, 0.29) is 30.6 Å². The number of methoxy groups -OCH3 is 2. The van der Waals surface area contributed by atoms with Gasteiger partial charge in [0, 0.05) is 38.7 Å². The van der Waals surface area contributed by atoms with Gasteiger partial charge in [-0.1, -0.05) is 44.5 Å². The summed E-state index contributed by atoms with van der Waals surface area (Å²) in [6.07, 6.45) is 2.25. The quantitative estimate of drug-likeness (QED) is 0.320. The summed E-state index contributed by atoms with van der Waals surface area (Å²) in [4.78, 5) is 68.2. The Morgan fingerprint density at radius 3 is 2.26 bits per heavy atom. The fourth-order valence-electron chi connectivity index (χ4n) is 5.19. The average molecular weight is 652 g/mol. The largest absolute Gasteiger partial charge is 0.497 e. The van der Waals surface area contributed by atoms with Gasteiger partial charge in [0.15, 0.2) is 0 Å². The highest BCUT2D eigenvalue weighted by Gasteiger charge is 2.31. The van der Waals surface area contributed by atoms with Gasteiger partial charge in [-0.05, 0) is 61.1 Å². The fourth-order valence-corrected chi connectivity index (χ4v) is 5.19. The standard InChI is InChI=1S/C35H49N5O7/c1-6-23(2)31-35(45)38-29(21-25-11-15-28(47-5)16-12-25)34(44)37-24(3)32(42)36-18-7-8-19-40(30(41)17-20-46-4)22-26-9-13-27(14-10-26)33(43)39-31/h9-16,23-24,29,31H,6-8,17-22H2,1-5H3,(H,36,42)(H,37,44)(H,38,45)(H,39,43)/t23-,24+,29-,31?/m0/s1. The summed E-state index contributed by atoms with van der Waals surface area (Å²) in [5.41, 5.74) is 1.99. The number of ether oxygens (including phenoxy) is 2. The third kappa shape index (κ3) is 11.4. The molecule has 2 aromatic rings. The van der Waals surface area contributed by atoms with Crippen LogP contribution < -0.4 is 26.0 Å². The second-order valence-corrected chi connectivity index (χ2v) is 11.9. The van der Waals surface area contributed by atoms with Gasteiger partial charge in [-0.25, -0.2) is 0 Å². The van der Waals surface area contributed by atoms with Crippen molar-refractivity contribution in [3.05, 3.63) is 65.2 Å². The first-order valence-corrected chi connectivity index (χ1v) is 16.2. The van der Waals surface area contributed by atoms with Crippen molar-refractivity contribution in [3.8, 4) is 5.75 Å². The van der Waals surface area contributed by atoms with Crippen LogP contribution in [0.2, 0.25) is 0 Å². The van der Waals surface area contributed by atoms with Crippen molar-refractivity contribution >= 4 is 29.5 Å². The Hall–Kier alpha value is -4.45. The SMILES string of the molecule is CC[C@H](C)C1NC(=O)c2ccc(cc2)CN(C(=O)CCOC)CCCCNC(=O)[C@@H](C)NC(=O)[C@H](Cc2ccc(OC)cc2)NC1=O. The number of carbonyl (C=O) groups excluding carboxylic acids is 5. The lowest BCUT2D eigenvalue weighted by Gasteiger charge is -2.27. The monoisotopic (exact) mass is 651 g/mol. The number of benzene rings is 2. The minimum absolute atomic E-state index is 0.0565. The molecule has 47 heavy (non-hydrogen) atoms. The minimum Gasteiger partial charge on any atom is -0.497 e. The molecule has 0 aliphatic carbocycles. The van der Waals surface area contributed by atoms with Gasteiger partial charge in [-0.15, -0.1) is 0 Å². The van der Waals surface area contributed by atoms with E-state index in [2.05, 4.69) is 21.3 Å². The summed E-state index contributed by atoms with van der Waals surface area (Å²) in [6, 6.07) is 11.3. The first kappa shape index (κ1) is 37.0. The van der Waals surface area contributed by atoms with Crippen LogP contribution >= 0.6 is 0 Å². The number of nitrogens with one attached hydrogen (secondary N) is 4. The van der Waals surface area contributed by atoms with Crippen molar-refractivity contribution in [1.29, 1.82) is 0 Å². The van der Waals surface area contributed by atoms with Crippen LogP contribution in [0, 0.1) is 5.92 Å². The molecule has 2 aromatic carbocycles. The van der Waals surface area contributed by atoms with Crippen molar-refractivity contribution in [2.45, 2.75) is 77.5 Å². The van der Waals surface area contributed by atoms with E-state index < -0.39 is 35.8 Å². The minimum atomic E-state index is -1.02. The third-order valence-corrected chi connectivity index (χ3v) is 8.38. The average Bonchev–Trinajstić information content (AvgIpc) is 3.07. The normalized spacial score (nSPS) is 21.0. The molecule has 0 saturated heterocycles. The highest BCUT2D eigenvalue weighted by Crippen LogP contribution is 2.16. The zero-order valence-electron chi connectivity index (χ0n) is 28.1. The van der Waals surface area contributed by atoms with Crippen LogP contribution in [0.15, 0.2) is 48.5 Å². The maximum Gasteiger partial charge on any atom is 0.251 e. The topological polar surface area (TPSA) is 155 Å². The van der Waals surface area contributed by atoms with E-state index in [1.165, 1.54) is 0 Å². The summed E-state index contributed by atoms with van der Waals surface area (Å²) >= 11 is 0. The van der Waals surface area contributed by atoms with Gasteiger partial charge in [0.05, 0.1) is 20.1 Å². The Balaban J connectivity index is 1.90. The summed E-state index contributed by atoms with van der Waals surface area (Å²) in [7, 11) is 3.11. The van der Waals surface area contributed by atoms with Gasteiger partial charge in [0.1, 0.15) is 23.9 Å². The molecule has 0 saturated carbocycles. The molecule has 12 nitrogen and oxygen atoms in total. The highest BCUT2D eigenvalue weighted by molar-refractivity contribution is 5.99. The van der Waals surface area contributed by atoms with E-state index in [1.807, 2.05) is 13.8 Å². The molecule has 2 aliphatic heterocycles. The molecular formula is C35H49N5O7. The second-order valence-electron chi connectivity index (χ2n) is 11.9. The molecule has 2 heterocycles. The Morgan fingerprint density at radius 2 is 1.62 bits per heavy atom. The van der Waals surface area contributed by atoms with E-state index in [0.717, 1.165) is 11.1 Å². The number of amides is 5.